The van der Waals surface area contributed by atoms with Crippen LogP contribution in [0.3, 0.4) is 0 Å². The van der Waals surface area contributed by atoms with Crippen molar-refractivity contribution in [3.63, 3.8) is 0 Å². The van der Waals surface area contributed by atoms with Crippen LogP contribution >= 0.6 is 0 Å². The molecule has 0 aromatic carbocycles. The Hall–Kier alpha value is -4.45. The van der Waals surface area contributed by atoms with Crippen molar-refractivity contribution in [3.8, 4) is 0 Å². The SMILES string of the molecule is CC\C=C/C=C\C=C/C=C\C=C/CCCC(=O)OC(COC(=O)CCCCC\C=C/C=C\C=C/C=C\CC)COC(=O)CCCCCCC/C=C\C=C/CCCCCCCCC. The van der Waals surface area contributed by atoms with Gasteiger partial charge in [-0.1, -0.05) is 219 Å². The van der Waals surface area contributed by atoms with E-state index in [-0.39, 0.29) is 38.0 Å². The summed E-state index contributed by atoms with van der Waals surface area (Å²) in [5.41, 5.74) is 0. The van der Waals surface area contributed by atoms with Gasteiger partial charge in [0.1, 0.15) is 13.2 Å². The molecule has 0 spiro atoms. The first-order valence-corrected chi connectivity index (χ1v) is 24.3. The fourth-order valence-electron chi connectivity index (χ4n) is 6.00. The highest BCUT2D eigenvalue weighted by molar-refractivity contribution is 5.71. The molecule has 0 N–H and O–H groups in total. The van der Waals surface area contributed by atoms with E-state index in [4.69, 9.17) is 14.2 Å². The Morgan fingerprint density at radius 2 is 0.645 bits per heavy atom. The number of hydrogen-bond donors (Lipinski definition) is 0. The number of carbonyl (C=O) groups excluding carboxylic acids is 3. The lowest BCUT2D eigenvalue weighted by Gasteiger charge is -2.18. The largest absolute Gasteiger partial charge is 0.462 e. The second kappa shape index (κ2) is 49.2. The van der Waals surface area contributed by atoms with Crippen molar-refractivity contribution in [1.82, 2.24) is 0 Å². The van der Waals surface area contributed by atoms with E-state index in [2.05, 4.69) is 63.3 Å². The highest BCUT2D eigenvalue weighted by Gasteiger charge is 2.19. The van der Waals surface area contributed by atoms with Crippen molar-refractivity contribution in [1.29, 1.82) is 0 Å². The highest BCUT2D eigenvalue weighted by atomic mass is 16.6. The maximum Gasteiger partial charge on any atom is 0.306 e. The molecule has 0 amide bonds. The lowest BCUT2D eigenvalue weighted by Crippen LogP contribution is -2.30. The Labute approximate surface area is 379 Å². The van der Waals surface area contributed by atoms with Gasteiger partial charge in [0.15, 0.2) is 6.10 Å². The summed E-state index contributed by atoms with van der Waals surface area (Å²) in [6.07, 6.45) is 68.7. The summed E-state index contributed by atoms with van der Waals surface area (Å²) in [6, 6.07) is 0. The van der Waals surface area contributed by atoms with Gasteiger partial charge in [-0.25, -0.2) is 0 Å². The summed E-state index contributed by atoms with van der Waals surface area (Å²) in [6.45, 7) is 6.20. The topological polar surface area (TPSA) is 78.9 Å². The Morgan fingerprint density at radius 1 is 0.339 bits per heavy atom. The minimum absolute atomic E-state index is 0.133. The predicted molar refractivity (Wildman–Crippen MR) is 265 cm³/mol. The molecule has 0 aliphatic rings. The number of ether oxygens (including phenoxy) is 3. The molecule has 0 saturated carbocycles. The number of rotatable bonds is 41. The zero-order valence-electron chi connectivity index (χ0n) is 39.3. The lowest BCUT2D eigenvalue weighted by molar-refractivity contribution is -0.167. The van der Waals surface area contributed by atoms with Crippen LogP contribution < -0.4 is 0 Å². The zero-order chi connectivity index (χ0) is 45.1. The van der Waals surface area contributed by atoms with Gasteiger partial charge in [0.2, 0.25) is 0 Å². The molecule has 0 aliphatic heterocycles. The second-order valence-corrected chi connectivity index (χ2v) is 15.5. The fourth-order valence-corrected chi connectivity index (χ4v) is 6.00. The van der Waals surface area contributed by atoms with Crippen LogP contribution in [0.1, 0.15) is 181 Å². The molecule has 0 fully saturated rings. The van der Waals surface area contributed by atoms with Crippen LogP contribution in [0, 0.1) is 0 Å². The lowest BCUT2D eigenvalue weighted by atomic mass is 10.1. The van der Waals surface area contributed by atoms with E-state index in [1.165, 1.54) is 51.4 Å². The first kappa shape index (κ1) is 57.5. The normalized spacial score (nSPS) is 13.3. The Kier molecular flexibility index (Phi) is 45.7. The molecule has 62 heavy (non-hydrogen) atoms. The van der Waals surface area contributed by atoms with Crippen LogP contribution in [0.25, 0.3) is 0 Å². The molecular weight excluding hydrogens is 769 g/mol. The molecule has 1 atom stereocenters. The van der Waals surface area contributed by atoms with Crippen molar-refractivity contribution in [3.05, 3.63) is 134 Å². The summed E-state index contributed by atoms with van der Waals surface area (Å²) < 4.78 is 16.6. The monoisotopic (exact) mass is 855 g/mol. The van der Waals surface area contributed by atoms with Gasteiger partial charge in [-0.05, 0) is 77.0 Å². The Bertz CT molecular complexity index is 1400. The molecular formula is C56H86O6. The molecule has 6 nitrogen and oxygen atoms in total. The molecule has 0 aromatic heterocycles. The summed E-state index contributed by atoms with van der Waals surface area (Å²) >= 11 is 0. The minimum Gasteiger partial charge on any atom is -0.462 e. The molecule has 1 unspecified atom stereocenters. The highest BCUT2D eigenvalue weighted by Crippen LogP contribution is 2.12. The molecule has 0 bridgehead atoms. The summed E-state index contributed by atoms with van der Waals surface area (Å²) in [5, 5.41) is 0. The molecule has 0 saturated heterocycles. The van der Waals surface area contributed by atoms with Crippen molar-refractivity contribution < 1.29 is 28.6 Å². The van der Waals surface area contributed by atoms with Crippen LogP contribution in [-0.4, -0.2) is 37.2 Å². The number of hydrogen-bond acceptors (Lipinski definition) is 6. The van der Waals surface area contributed by atoms with E-state index >= 15 is 0 Å². The smallest absolute Gasteiger partial charge is 0.306 e. The third-order valence-corrected chi connectivity index (χ3v) is 9.62. The van der Waals surface area contributed by atoms with Crippen LogP contribution in [0.5, 0.6) is 0 Å². The maximum absolute atomic E-state index is 12.7. The number of esters is 3. The third kappa shape index (κ3) is 46.6. The molecule has 0 aliphatic carbocycles. The van der Waals surface area contributed by atoms with E-state index in [9.17, 15) is 14.4 Å². The Morgan fingerprint density at radius 3 is 1.06 bits per heavy atom. The van der Waals surface area contributed by atoms with E-state index in [0.29, 0.717) is 25.7 Å². The van der Waals surface area contributed by atoms with Crippen molar-refractivity contribution in [2.75, 3.05) is 13.2 Å². The van der Waals surface area contributed by atoms with Gasteiger partial charge in [0, 0.05) is 19.3 Å². The average molecular weight is 855 g/mol. The fraction of sp³-hybridized carbons (Fsp3) is 0.554. The van der Waals surface area contributed by atoms with Crippen molar-refractivity contribution in [2.24, 2.45) is 0 Å². The summed E-state index contributed by atoms with van der Waals surface area (Å²) in [5.74, 6) is -1.08. The van der Waals surface area contributed by atoms with Gasteiger partial charge in [0.25, 0.3) is 0 Å². The van der Waals surface area contributed by atoms with E-state index < -0.39 is 12.1 Å². The van der Waals surface area contributed by atoms with E-state index in [1.807, 2.05) is 91.1 Å². The van der Waals surface area contributed by atoms with Crippen LogP contribution in [-0.2, 0) is 28.6 Å². The Balaban J connectivity index is 4.57. The molecule has 0 heterocycles. The van der Waals surface area contributed by atoms with Gasteiger partial charge >= 0.3 is 17.9 Å². The standard InChI is InChI=1S/C56H86O6/c1-4-7-10-13-16-19-22-25-26-27-28-29-32-34-37-40-43-46-49-55(58)61-52-53(62-56(59)50-47-44-41-38-35-31-24-21-18-15-12-9-6-3)51-60-54(57)48-45-42-39-36-33-30-23-20-17-14-11-8-5-2/h8-9,11-12,14-15,17-18,20-21,23-24,26-31,33,35,38,41,53H,4-7,10,13,16,19,22,25,32,34,36-37,39-40,42-52H2,1-3H3/b11-8-,12-9-,17-14-,18-15-,23-20-,24-21-,27-26-,29-28-,33-30-,35-31-,41-38-. The summed E-state index contributed by atoms with van der Waals surface area (Å²) in [4.78, 5) is 37.8. The quantitative estimate of drug-likeness (QED) is 0.0264. The van der Waals surface area contributed by atoms with Crippen LogP contribution in [0.2, 0.25) is 0 Å². The molecule has 6 heteroatoms. The van der Waals surface area contributed by atoms with Gasteiger partial charge in [0.05, 0.1) is 0 Å². The molecule has 0 rings (SSSR count). The minimum atomic E-state index is -0.842. The first-order chi connectivity index (χ1) is 30.5. The summed E-state index contributed by atoms with van der Waals surface area (Å²) in [7, 11) is 0. The van der Waals surface area contributed by atoms with E-state index in [0.717, 1.165) is 70.6 Å². The van der Waals surface area contributed by atoms with Crippen LogP contribution in [0.15, 0.2) is 134 Å². The van der Waals surface area contributed by atoms with Crippen molar-refractivity contribution >= 4 is 17.9 Å². The average Bonchev–Trinajstić information content (AvgIpc) is 3.27. The maximum atomic E-state index is 12.7. The second-order valence-electron chi connectivity index (χ2n) is 15.5. The molecule has 0 radical (unpaired) electrons. The number of allylic oxidation sites excluding steroid dienone is 22. The third-order valence-electron chi connectivity index (χ3n) is 9.62. The molecule has 0 aromatic rings. The van der Waals surface area contributed by atoms with Gasteiger partial charge < -0.3 is 14.2 Å². The van der Waals surface area contributed by atoms with Gasteiger partial charge in [-0.2, -0.15) is 0 Å². The predicted octanol–water partition coefficient (Wildman–Crippen LogP) is 15.9. The van der Waals surface area contributed by atoms with Crippen LogP contribution in [0.4, 0.5) is 0 Å². The zero-order valence-corrected chi connectivity index (χ0v) is 39.3. The first-order valence-electron chi connectivity index (χ1n) is 24.3. The van der Waals surface area contributed by atoms with Gasteiger partial charge in [-0.15, -0.1) is 0 Å². The number of unbranched alkanes of at least 4 members (excludes halogenated alkanes) is 16. The number of carbonyl (C=O) groups is 3. The molecule has 346 valence electrons. The van der Waals surface area contributed by atoms with Crippen molar-refractivity contribution in [2.45, 2.75) is 187 Å². The van der Waals surface area contributed by atoms with E-state index in [1.54, 1.807) is 0 Å². The van der Waals surface area contributed by atoms with Gasteiger partial charge in [-0.3, -0.25) is 14.4 Å².